The Morgan fingerprint density at radius 1 is 1.20 bits per heavy atom. The number of aryl methyl sites for hydroxylation is 3. The monoisotopic (exact) mass is 568 g/mol. The lowest BCUT2D eigenvalue weighted by molar-refractivity contribution is -0.137. The molecule has 10 heteroatoms. The van der Waals surface area contributed by atoms with E-state index in [0.29, 0.717) is 17.9 Å². The van der Waals surface area contributed by atoms with Crippen LogP contribution < -0.4 is 10.1 Å². The van der Waals surface area contributed by atoms with Gasteiger partial charge in [-0.2, -0.15) is 5.10 Å². The maximum atomic E-state index is 14.6. The fraction of sp³-hybridized carbons (Fsp3) is 0.500. The van der Waals surface area contributed by atoms with E-state index in [0.717, 1.165) is 61.9 Å². The summed E-state index contributed by atoms with van der Waals surface area (Å²) >= 11 is 0. The van der Waals surface area contributed by atoms with Crippen LogP contribution in [-0.4, -0.2) is 54.2 Å². The van der Waals surface area contributed by atoms with Crippen molar-refractivity contribution in [2.75, 3.05) is 25.6 Å². The molecule has 216 valence electrons. The summed E-state index contributed by atoms with van der Waals surface area (Å²) < 4.78 is 27.4. The fourth-order valence-corrected chi connectivity index (χ4v) is 5.67. The van der Waals surface area contributed by atoms with Crippen LogP contribution in [0.25, 0.3) is 0 Å². The van der Waals surface area contributed by atoms with Crippen molar-refractivity contribution in [2.24, 2.45) is 0 Å². The highest BCUT2D eigenvalue weighted by Gasteiger charge is 2.24. The average molecular weight is 569 g/mol. The Bertz CT molecular complexity index is 1310. The van der Waals surface area contributed by atoms with E-state index < -0.39 is 25.8 Å². The molecule has 0 bridgehead atoms. The summed E-state index contributed by atoms with van der Waals surface area (Å²) in [5.74, 6) is -0.998. The first-order valence-electron chi connectivity index (χ1n) is 14.1. The Labute approximate surface area is 236 Å². The fourth-order valence-electron chi connectivity index (χ4n) is 4.92. The number of aliphatic carboxylic acids is 1. The second-order valence-electron chi connectivity index (χ2n) is 11.6. The number of halogens is 1. The second-order valence-corrected chi connectivity index (χ2v) is 17.3. The molecule has 1 aliphatic heterocycles. The van der Waals surface area contributed by atoms with Crippen molar-refractivity contribution in [1.29, 1.82) is 0 Å². The van der Waals surface area contributed by atoms with Crippen LogP contribution >= 0.6 is 0 Å². The first-order valence-corrected chi connectivity index (χ1v) is 17.8. The number of rotatable bonds is 14. The Hall–Kier alpha value is -3.24. The smallest absolute Gasteiger partial charge is 0.304 e. The van der Waals surface area contributed by atoms with Gasteiger partial charge in [-0.15, -0.1) is 0 Å². The maximum Gasteiger partial charge on any atom is 0.304 e. The minimum absolute atomic E-state index is 0.117. The van der Waals surface area contributed by atoms with Crippen LogP contribution in [0.5, 0.6) is 5.75 Å². The van der Waals surface area contributed by atoms with E-state index in [1.165, 1.54) is 24.8 Å². The van der Waals surface area contributed by atoms with Gasteiger partial charge in [-0.1, -0.05) is 31.8 Å². The number of carboxylic acid groups (broad SMARTS) is 1. The highest BCUT2D eigenvalue weighted by molar-refractivity contribution is 6.76. The topological polar surface area (TPSA) is 98.5 Å². The number of ether oxygens (including phenoxy) is 2. The molecule has 0 spiro atoms. The lowest BCUT2D eigenvalue weighted by Gasteiger charge is -2.17. The minimum atomic E-state index is -1.24. The van der Waals surface area contributed by atoms with Crippen LogP contribution in [0.15, 0.2) is 36.4 Å². The molecule has 3 heterocycles. The lowest BCUT2D eigenvalue weighted by Crippen LogP contribution is -2.22. The number of pyridine rings is 1. The molecule has 1 aromatic carbocycles. The number of carboxylic acids is 1. The van der Waals surface area contributed by atoms with E-state index in [9.17, 15) is 14.3 Å². The molecule has 1 atom stereocenters. The molecular weight excluding hydrogens is 527 g/mol. The first-order chi connectivity index (χ1) is 19.1. The number of nitrogens with one attached hydrogen (secondary N) is 1. The number of aromatic nitrogens is 3. The second kappa shape index (κ2) is 13.4. The van der Waals surface area contributed by atoms with E-state index in [-0.39, 0.29) is 18.9 Å². The van der Waals surface area contributed by atoms with Gasteiger partial charge in [0.15, 0.2) is 11.6 Å². The number of hydrogen-bond acceptors (Lipinski definition) is 6. The molecule has 8 nitrogen and oxygen atoms in total. The lowest BCUT2D eigenvalue weighted by atomic mass is 9.92. The minimum Gasteiger partial charge on any atom is -0.494 e. The predicted octanol–water partition coefficient (Wildman–Crippen LogP) is 5.88. The van der Waals surface area contributed by atoms with Gasteiger partial charge in [-0.25, -0.2) is 14.1 Å². The summed E-state index contributed by atoms with van der Waals surface area (Å²) in [7, 11) is 0.157. The summed E-state index contributed by atoms with van der Waals surface area (Å²) in [5.41, 5.74) is 4.41. The van der Waals surface area contributed by atoms with Gasteiger partial charge in [0, 0.05) is 38.5 Å². The van der Waals surface area contributed by atoms with Crippen LogP contribution in [0, 0.1) is 5.82 Å². The number of nitrogens with zero attached hydrogens (tertiary/aromatic N) is 3. The number of methoxy groups -OCH3 is 1. The van der Waals surface area contributed by atoms with Crippen LogP contribution in [0.2, 0.25) is 25.7 Å². The van der Waals surface area contributed by atoms with Gasteiger partial charge >= 0.3 is 5.97 Å². The van der Waals surface area contributed by atoms with Crippen molar-refractivity contribution in [3.05, 3.63) is 70.4 Å². The molecule has 0 saturated carbocycles. The quantitative estimate of drug-likeness (QED) is 0.185. The van der Waals surface area contributed by atoms with E-state index in [1.54, 1.807) is 6.07 Å². The number of anilines is 1. The van der Waals surface area contributed by atoms with Crippen LogP contribution in [0.3, 0.4) is 0 Å². The number of carbonyl (C=O) groups is 1. The van der Waals surface area contributed by atoms with Crippen molar-refractivity contribution in [3.63, 3.8) is 0 Å². The Morgan fingerprint density at radius 3 is 2.75 bits per heavy atom. The highest BCUT2D eigenvalue weighted by Crippen LogP contribution is 2.31. The van der Waals surface area contributed by atoms with Crippen molar-refractivity contribution >= 4 is 19.9 Å². The van der Waals surface area contributed by atoms with E-state index in [1.807, 2.05) is 10.7 Å². The van der Waals surface area contributed by atoms with Gasteiger partial charge in [-0.3, -0.25) is 4.79 Å². The highest BCUT2D eigenvalue weighted by atomic mass is 28.3. The maximum absolute atomic E-state index is 14.6. The predicted molar refractivity (Wildman–Crippen MR) is 156 cm³/mol. The molecule has 0 radical (unpaired) electrons. The van der Waals surface area contributed by atoms with Gasteiger partial charge < -0.3 is 19.9 Å². The summed E-state index contributed by atoms with van der Waals surface area (Å²) in [6.45, 7) is 8.82. The standard InChI is InChI=1S/C30H41FN4O4Si/c1-38-28-13-11-22(17-26(28)31)25(19-29(36)37)27-18-24(35(34-27)20-39-15-16-40(2,3)4)9-5-8-23-12-10-21-7-6-14-32-30(21)33-23/h10-13,17-18,25H,5-9,14-16,19-20H2,1-4H3,(H,32,33)(H,36,37). The Morgan fingerprint density at radius 2 is 2.02 bits per heavy atom. The molecule has 2 N–H and O–H groups in total. The first kappa shape index (κ1) is 29.7. The van der Waals surface area contributed by atoms with Gasteiger partial charge in [0.2, 0.25) is 0 Å². The molecule has 1 aliphatic rings. The molecule has 1 unspecified atom stereocenters. The van der Waals surface area contributed by atoms with Crippen LogP contribution in [0.1, 0.15) is 53.4 Å². The molecule has 3 aromatic rings. The van der Waals surface area contributed by atoms with Crippen molar-refractivity contribution in [1.82, 2.24) is 14.8 Å². The molecule has 4 rings (SSSR count). The number of fused-ring (bicyclic) bond motifs is 1. The van der Waals surface area contributed by atoms with Gasteiger partial charge in [0.05, 0.1) is 19.2 Å². The SMILES string of the molecule is COc1ccc(C(CC(=O)O)c2cc(CCCc3ccc4c(n3)NCCC4)n(COCC[Si](C)(C)C)n2)cc1F. The summed E-state index contributed by atoms with van der Waals surface area (Å²) in [4.78, 5) is 16.6. The third kappa shape index (κ3) is 8.14. The molecular formula is C30H41FN4O4Si. The zero-order valence-corrected chi connectivity index (χ0v) is 25.0. The average Bonchev–Trinajstić information content (AvgIpc) is 3.31. The number of benzene rings is 1. The molecule has 0 saturated heterocycles. The Kier molecular flexibility index (Phi) is 9.97. The largest absolute Gasteiger partial charge is 0.494 e. The van der Waals surface area contributed by atoms with E-state index >= 15 is 0 Å². The number of hydrogen-bond donors (Lipinski definition) is 2. The Balaban J connectivity index is 1.54. The van der Waals surface area contributed by atoms with Crippen molar-refractivity contribution in [3.8, 4) is 5.75 Å². The van der Waals surface area contributed by atoms with Crippen molar-refractivity contribution < 1.29 is 23.8 Å². The molecule has 0 fully saturated rings. The van der Waals surface area contributed by atoms with E-state index in [2.05, 4.69) is 37.1 Å². The summed E-state index contributed by atoms with van der Waals surface area (Å²) in [6, 6.07) is 11.8. The zero-order valence-electron chi connectivity index (χ0n) is 24.0. The van der Waals surface area contributed by atoms with Crippen LogP contribution in [-0.2, 0) is 35.5 Å². The molecule has 0 aliphatic carbocycles. The van der Waals surface area contributed by atoms with Gasteiger partial charge in [0.1, 0.15) is 12.5 Å². The van der Waals surface area contributed by atoms with Crippen LogP contribution in [0.4, 0.5) is 10.2 Å². The molecule has 0 amide bonds. The van der Waals surface area contributed by atoms with Crippen molar-refractivity contribution in [2.45, 2.75) is 76.9 Å². The third-order valence-electron chi connectivity index (χ3n) is 7.22. The van der Waals surface area contributed by atoms with Gasteiger partial charge in [-0.05, 0) is 73.5 Å². The third-order valence-corrected chi connectivity index (χ3v) is 8.93. The molecule has 40 heavy (non-hydrogen) atoms. The normalized spacial score (nSPS) is 13.9. The molecule has 2 aromatic heterocycles. The summed E-state index contributed by atoms with van der Waals surface area (Å²) in [6.07, 6.45) is 4.39. The zero-order chi connectivity index (χ0) is 28.7. The summed E-state index contributed by atoms with van der Waals surface area (Å²) in [5, 5.41) is 17.9. The van der Waals surface area contributed by atoms with E-state index in [4.69, 9.17) is 19.6 Å². The van der Waals surface area contributed by atoms with Gasteiger partial charge in [0.25, 0.3) is 0 Å².